The molecule has 0 aliphatic carbocycles. The summed E-state index contributed by atoms with van der Waals surface area (Å²) in [5.74, 6) is -1.03. The first kappa shape index (κ1) is 35.8. The van der Waals surface area contributed by atoms with Crippen LogP contribution in [0.2, 0.25) is 0 Å². The molecule has 0 bridgehead atoms. The Morgan fingerprint density at radius 3 is 2.23 bits per heavy atom. The molecule has 2 unspecified atom stereocenters. The van der Waals surface area contributed by atoms with E-state index in [0.29, 0.717) is 4.57 Å². The first-order valence-electron chi connectivity index (χ1n) is 11.6. The zero-order valence-electron chi connectivity index (χ0n) is 21.4. The largest absolute Gasteiger partial charge is 0.790 e. The minimum Gasteiger partial charge on any atom is -0.790 e. The number of phosphoric ester groups is 3. The molecule has 2 fully saturated rings. The van der Waals surface area contributed by atoms with Crippen molar-refractivity contribution in [2.24, 2.45) is 0 Å². The van der Waals surface area contributed by atoms with E-state index in [1.165, 1.54) is 0 Å². The van der Waals surface area contributed by atoms with Crippen molar-refractivity contribution in [3.05, 3.63) is 33.1 Å². The number of aromatic nitrogens is 2. The molecule has 0 spiro atoms. The summed E-state index contributed by atoms with van der Waals surface area (Å²) in [5.41, 5.74) is -1.86. The van der Waals surface area contributed by atoms with Crippen molar-refractivity contribution in [2.75, 3.05) is 13.2 Å². The standard InChI is InChI=1S/C17H28N3O20P3/c1-6(22)18-10-14(38-41(28,29)30)12(25)7(4-21)37-16(10)39-43(33,34)40-42(31,32)35-5-8-11(24)13(26)15(36-8)20-3-2-9(23)19-17(20)27/h2-3,7-8,10-16,21,24-26H,4-5H2,1H3,(H,18,22)(H,31,32)(H,33,34)(H,19,23,27)(H2,28,29,30)/p-4/t7-,8-,10-,11-,12-,13-,14-,15-,16-/m1/s1. The van der Waals surface area contributed by atoms with Crippen molar-refractivity contribution in [2.45, 2.75) is 62.1 Å². The van der Waals surface area contributed by atoms with Gasteiger partial charge in [0.15, 0.2) is 12.5 Å². The van der Waals surface area contributed by atoms with Crippen molar-refractivity contribution in [1.82, 2.24) is 14.9 Å². The number of carbonyl (C=O) groups is 1. The van der Waals surface area contributed by atoms with Crippen LogP contribution in [0, 0.1) is 0 Å². The average molecular weight is 683 g/mol. The molecule has 43 heavy (non-hydrogen) atoms. The number of amides is 1. The first-order valence-corrected chi connectivity index (χ1v) is 16.0. The van der Waals surface area contributed by atoms with Gasteiger partial charge in [-0.05, 0) is 0 Å². The average Bonchev–Trinajstić information content (AvgIpc) is 3.13. The molecule has 6 N–H and O–H groups in total. The number of hydrogen-bond donors (Lipinski definition) is 6. The van der Waals surface area contributed by atoms with Crippen molar-refractivity contribution >= 4 is 29.4 Å². The van der Waals surface area contributed by atoms with Gasteiger partial charge in [0.25, 0.3) is 21.2 Å². The summed E-state index contributed by atoms with van der Waals surface area (Å²) < 4.78 is 63.6. The Morgan fingerprint density at radius 1 is 1.02 bits per heavy atom. The number of phosphoric acid groups is 3. The molecular weight excluding hydrogens is 659 g/mol. The molecule has 1 amide bonds. The molecule has 3 heterocycles. The highest BCUT2D eigenvalue weighted by molar-refractivity contribution is 7.59. The number of aliphatic hydroxyl groups is 4. The topological polar surface area (TPSA) is 364 Å². The van der Waals surface area contributed by atoms with Gasteiger partial charge in [-0.25, -0.2) is 9.11 Å². The minimum atomic E-state index is -6.16. The van der Waals surface area contributed by atoms with E-state index in [0.717, 1.165) is 19.2 Å². The fraction of sp³-hybridized carbons (Fsp3) is 0.706. The molecule has 1 aromatic heterocycles. The number of rotatable bonds is 12. The Kier molecular flexibility index (Phi) is 11.4. The molecule has 3 rings (SSSR count). The highest BCUT2D eigenvalue weighted by Crippen LogP contribution is 2.57. The van der Waals surface area contributed by atoms with Crippen LogP contribution in [0.25, 0.3) is 0 Å². The lowest BCUT2D eigenvalue weighted by molar-refractivity contribution is -0.354. The lowest BCUT2D eigenvalue weighted by Gasteiger charge is -2.48. The lowest BCUT2D eigenvalue weighted by atomic mass is 9.97. The van der Waals surface area contributed by atoms with E-state index in [1.807, 2.05) is 10.3 Å². The third-order valence-corrected chi connectivity index (χ3v) is 8.80. The number of ether oxygens (including phenoxy) is 2. The van der Waals surface area contributed by atoms with Gasteiger partial charge >= 0.3 is 5.69 Å². The predicted octanol–water partition coefficient (Wildman–Crippen LogP) is -7.06. The molecule has 1 aromatic rings. The Morgan fingerprint density at radius 2 is 1.67 bits per heavy atom. The maximum atomic E-state index is 12.4. The third-order valence-electron chi connectivity index (χ3n) is 5.77. The Balaban J connectivity index is 1.72. The Labute approximate surface area is 239 Å². The number of aliphatic hydroxyl groups excluding tert-OH is 4. The Hall–Kier alpha value is -1.72. The monoisotopic (exact) mass is 683 g/mol. The summed E-state index contributed by atoms with van der Waals surface area (Å²) >= 11 is 0. The van der Waals surface area contributed by atoms with E-state index in [2.05, 4.69) is 17.9 Å². The van der Waals surface area contributed by atoms with Gasteiger partial charge in [-0.2, -0.15) is 0 Å². The van der Waals surface area contributed by atoms with E-state index in [4.69, 9.17) is 9.47 Å². The predicted molar refractivity (Wildman–Crippen MR) is 122 cm³/mol. The van der Waals surface area contributed by atoms with E-state index >= 15 is 0 Å². The summed E-state index contributed by atoms with van der Waals surface area (Å²) in [6.07, 6.45) is -15.1. The van der Waals surface area contributed by atoms with Crippen molar-refractivity contribution in [1.29, 1.82) is 0 Å². The second-order valence-corrected chi connectivity index (χ2v) is 12.9. The number of H-pyrrole nitrogens is 1. The van der Waals surface area contributed by atoms with Gasteiger partial charge in [0.1, 0.15) is 42.7 Å². The van der Waals surface area contributed by atoms with E-state index in [9.17, 15) is 68.1 Å². The molecule has 2 aliphatic rings. The van der Waals surface area contributed by atoms with E-state index in [1.54, 1.807) is 0 Å². The van der Waals surface area contributed by atoms with Gasteiger partial charge < -0.3 is 68.4 Å². The summed E-state index contributed by atoms with van der Waals surface area (Å²) in [7, 11) is -18.1. The van der Waals surface area contributed by atoms with Crippen molar-refractivity contribution in [3.63, 3.8) is 0 Å². The fourth-order valence-electron chi connectivity index (χ4n) is 4.00. The van der Waals surface area contributed by atoms with Gasteiger partial charge in [-0.15, -0.1) is 0 Å². The second-order valence-electron chi connectivity index (χ2n) is 8.90. The van der Waals surface area contributed by atoms with Crippen LogP contribution >= 0.6 is 23.5 Å². The first-order chi connectivity index (χ1) is 19.7. The van der Waals surface area contributed by atoms with Gasteiger partial charge in [0.2, 0.25) is 5.91 Å². The smallest absolute Gasteiger partial charge is 0.330 e. The van der Waals surface area contributed by atoms with Gasteiger partial charge in [0, 0.05) is 19.2 Å². The van der Waals surface area contributed by atoms with Crippen LogP contribution in [0.15, 0.2) is 21.9 Å². The maximum Gasteiger partial charge on any atom is 0.330 e. The van der Waals surface area contributed by atoms with Crippen LogP contribution in [-0.2, 0) is 45.8 Å². The number of hydrogen-bond acceptors (Lipinski definition) is 20. The molecule has 0 aromatic carbocycles. The highest BCUT2D eigenvalue weighted by Gasteiger charge is 2.49. The zero-order valence-corrected chi connectivity index (χ0v) is 24.1. The van der Waals surface area contributed by atoms with Crippen molar-refractivity contribution < 1.29 is 85.8 Å². The van der Waals surface area contributed by atoms with Crippen LogP contribution in [0.4, 0.5) is 0 Å². The molecule has 2 aliphatic heterocycles. The van der Waals surface area contributed by atoms with Gasteiger partial charge in [-0.1, -0.05) is 0 Å². The minimum absolute atomic E-state index is 0.657. The zero-order chi connectivity index (χ0) is 32.5. The summed E-state index contributed by atoms with van der Waals surface area (Å²) in [4.78, 5) is 83.7. The highest BCUT2D eigenvalue weighted by atomic mass is 31.3. The third kappa shape index (κ3) is 9.39. The number of aromatic amines is 1. The number of carbonyl (C=O) groups excluding carboxylic acids is 1. The summed E-state index contributed by atoms with van der Waals surface area (Å²) in [6, 6.07) is -1.25. The van der Waals surface area contributed by atoms with Crippen molar-refractivity contribution in [3.8, 4) is 0 Å². The molecule has 2 saturated heterocycles. The normalized spacial score (nSPS) is 34.3. The van der Waals surface area contributed by atoms with Crippen LogP contribution in [0.3, 0.4) is 0 Å². The molecule has 23 nitrogen and oxygen atoms in total. The summed E-state index contributed by atoms with van der Waals surface area (Å²) in [5, 5.41) is 41.9. The SMILES string of the molecule is CC(=O)N[C@H]1[C@@H](OP(=O)([O-])OP(=O)([O-])OC[C@H]2O[C@@H](n3ccc(=O)[nH]c3=O)[C@H](O)[C@@H]2O)O[C@H](CO)[C@@H](O)[C@@H]1OP(=O)([O-])[O-]. The van der Waals surface area contributed by atoms with Gasteiger partial charge in [-0.3, -0.25) is 32.8 Å². The molecule has 0 saturated carbocycles. The van der Waals surface area contributed by atoms with Crippen LogP contribution < -0.4 is 36.1 Å². The Bertz CT molecular complexity index is 1410. The van der Waals surface area contributed by atoms with Gasteiger partial charge in [0.05, 0.1) is 21.0 Å². The van der Waals surface area contributed by atoms with Crippen LogP contribution in [-0.4, -0.2) is 98.1 Å². The second kappa shape index (κ2) is 13.7. The summed E-state index contributed by atoms with van der Waals surface area (Å²) in [6.45, 7) is -1.53. The van der Waals surface area contributed by atoms with Crippen LogP contribution in [0.5, 0.6) is 0 Å². The molecular formula is C17H24N3O20P3-4. The van der Waals surface area contributed by atoms with Crippen LogP contribution in [0.1, 0.15) is 13.2 Å². The molecule has 246 valence electrons. The molecule has 11 atom stereocenters. The number of nitrogens with one attached hydrogen (secondary N) is 2. The van der Waals surface area contributed by atoms with E-state index in [-0.39, 0.29) is 0 Å². The molecule has 0 radical (unpaired) electrons. The maximum absolute atomic E-state index is 12.4. The number of nitrogens with zero attached hydrogens (tertiary/aromatic N) is 1. The lowest BCUT2D eigenvalue weighted by Crippen LogP contribution is -2.65. The van der Waals surface area contributed by atoms with E-state index < -0.39 is 109 Å². The fourth-order valence-corrected chi connectivity index (χ4v) is 6.64. The molecule has 26 heteroatoms. The quantitative estimate of drug-likeness (QED) is 0.111.